The van der Waals surface area contributed by atoms with Gasteiger partial charge in [-0.05, 0) is 51.9 Å². The first kappa shape index (κ1) is 34.1. The molecular formula is C34H41F2N5O5Si. The second-order valence-corrected chi connectivity index (χ2v) is 19.9. The molecule has 3 aromatic rings. The summed E-state index contributed by atoms with van der Waals surface area (Å²) in [5, 5.41) is 9.95. The van der Waals surface area contributed by atoms with Gasteiger partial charge in [-0.2, -0.15) is 0 Å². The second-order valence-electron chi connectivity index (χ2n) is 14.2. The lowest BCUT2D eigenvalue weighted by Gasteiger charge is -2.34. The number of carbonyl (C=O) groups is 3. The maximum atomic E-state index is 15.7. The van der Waals surface area contributed by atoms with Crippen molar-refractivity contribution in [3.8, 4) is 11.8 Å². The number of aromatic nitrogens is 2. The van der Waals surface area contributed by atoms with E-state index in [4.69, 9.17) is 4.74 Å². The number of amides is 3. The molecule has 0 unspecified atom stereocenters. The van der Waals surface area contributed by atoms with E-state index in [1.165, 1.54) is 23.1 Å². The van der Waals surface area contributed by atoms with Gasteiger partial charge >= 0.3 is 6.09 Å². The predicted octanol–water partition coefficient (Wildman–Crippen LogP) is 6.02. The third-order valence-corrected chi connectivity index (χ3v) is 10.4. The van der Waals surface area contributed by atoms with Crippen molar-refractivity contribution in [1.82, 2.24) is 19.4 Å². The number of hydrogen-bond donors (Lipinski definition) is 1. The fourth-order valence-corrected chi connectivity index (χ4v) is 7.10. The zero-order valence-electron chi connectivity index (χ0n) is 27.9. The molecule has 0 radical (unpaired) electrons. The summed E-state index contributed by atoms with van der Waals surface area (Å²) in [5.41, 5.74) is -0.696. The van der Waals surface area contributed by atoms with Crippen molar-refractivity contribution >= 4 is 42.8 Å². The monoisotopic (exact) mass is 665 g/mol. The lowest BCUT2D eigenvalue weighted by atomic mass is 9.87. The summed E-state index contributed by atoms with van der Waals surface area (Å²) in [5.74, 6) is 3.14. The second kappa shape index (κ2) is 12.4. The normalized spacial score (nSPS) is 17.9. The van der Waals surface area contributed by atoms with E-state index in [1.54, 1.807) is 43.2 Å². The Balaban J connectivity index is 1.63. The summed E-state index contributed by atoms with van der Waals surface area (Å²) in [7, 11) is -1.43. The van der Waals surface area contributed by atoms with Crippen LogP contribution in [0.25, 0.3) is 11.0 Å². The fraction of sp³-hybridized carbons (Fsp3) is 0.471. The fourth-order valence-electron chi connectivity index (χ4n) is 6.35. The van der Waals surface area contributed by atoms with Crippen LogP contribution in [0.5, 0.6) is 0 Å². The maximum absolute atomic E-state index is 15.7. The van der Waals surface area contributed by atoms with Crippen LogP contribution in [0, 0.1) is 23.5 Å². The molecule has 1 fully saturated rings. The number of fused-ring (bicyclic) bond motifs is 3. The largest absolute Gasteiger partial charge is 0.465 e. The topological polar surface area (TPSA) is 108 Å². The average Bonchev–Trinajstić information content (AvgIpc) is 3.55. The molecule has 2 aromatic heterocycles. The van der Waals surface area contributed by atoms with Crippen LogP contribution in [-0.2, 0) is 28.3 Å². The standard InChI is InChI=1S/C34H41F2N5O5Si/c1-8-9-13-38-14-12-34(31(38)43)25-11-10-22(35)17-24(25)30(42)40(34)20-23-18-27-28(39(23)21-46-15-16-47(5,6)7)19-26(36)29(37-27)41(32(44)45)33(2,3)4/h10-11,17-19H,12-16,20-21H2,1-7H3,(H,44,45)/t34-/m0/s1. The van der Waals surface area contributed by atoms with E-state index in [1.807, 2.05) is 0 Å². The minimum Gasteiger partial charge on any atom is -0.465 e. The third-order valence-electron chi connectivity index (χ3n) is 8.71. The van der Waals surface area contributed by atoms with E-state index in [9.17, 15) is 23.9 Å². The molecule has 4 heterocycles. The first-order chi connectivity index (χ1) is 22.0. The molecular weight excluding hydrogens is 624 g/mol. The number of nitrogens with zero attached hydrogens (tertiary/aromatic N) is 5. The third kappa shape index (κ3) is 6.24. The molecule has 2 aliphatic heterocycles. The molecule has 47 heavy (non-hydrogen) atoms. The number of rotatable bonds is 9. The van der Waals surface area contributed by atoms with E-state index in [2.05, 4.69) is 36.5 Å². The molecule has 0 aliphatic carbocycles. The van der Waals surface area contributed by atoms with Gasteiger partial charge in [-0.1, -0.05) is 31.6 Å². The van der Waals surface area contributed by atoms with Gasteiger partial charge in [0.15, 0.2) is 17.2 Å². The number of anilines is 1. The van der Waals surface area contributed by atoms with Crippen LogP contribution in [0.3, 0.4) is 0 Å². The van der Waals surface area contributed by atoms with E-state index < -0.39 is 42.8 Å². The number of halogens is 2. The molecule has 0 bridgehead atoms. The Bertz CT molecular complexity index is 1820. The zero-order valence-corrected chi connectivity index (χ0v) is 28.9. The lowest BCUT2D eigenvalue weighted by molar-refractivity contribution is -0.136. The minimum atomic E-state index is -1.43. The van der Waals surface area contributed by atoms with Crippen LogP contribution >= 0.6 is 0 Å². The van der Waals surface area contributed by atoms with Crippen molar-refractivity contribution in [1.29, 1.82) is 0 Å². The molecule has 5 rings (SSSR count). The number of pyridine rings is 1. The van der Waals surface area contributed by atoms with Gasteiger partial charge in [0.25, 0.3) is 11.8 Å². The molecule has 3 amide bonds. The number of likely N-dealkylation sites (tertiary alicyclic amines) is 1. The highest BCUT2D eigenvalue weighted by Gasteiger charge is 2.59. The first-order valence-corrected chi connectivity index (χ1v) is 19.3. The number of carbonyl (C=O) groups excluding carboxylic acids is 2. The predicted molar refractivity (Wildman–Crippen MR) is 177 cm³/mol. The summed E-state index contributed by atoms with van der Waals surface area (Å²) >= 11 is 0. The minimum absolute atomic E-state index is 0.00840. The van der Waals surface area contributed by atoms with E-state index in [-0.39, 0.29) is 43.5 Å². The summed E-state index contributed by atoms with van der Waals surface area (Å²) in [6.45, 7) is 14.2. The van der Waals surface area contributed by atoms with Gasteiger partial charge in [-0.15, -0.1) is 5.92 Å². The van der Waals surface area contributed by atoms with Crippen molar-refractivity contribution in [3.63, 3.8) is 0 Å². The van der Waals surface area contributed by atoms with Crippen molar-refractivity contribution in [2.24, 2.45) is 0 Å². The van der Waals surface area contributed by atoms with E-state index in [0.29, 0.717) is 35.4 Å². The maximum Gasteiger partial charge on any atom is 0.413 e. The molecule has 1 aromatic carbocycles. The molecule has 1 N–H and O–H groups in total. The average molecular weight is 666 g/mol. The Labute approximate surface area is 274 Å². The Morgan fingerprint density at radius 3 is 2.53 bits per heavy atom. The highest BCUT2D eigenvalue weighted by atomic mass is 28.3. The zero-order chi connectivity index (χ0) is 34.5. The van der Waals surface area contributed by atoms with E-state index >= 15 is 4.39 Å². The highest BCUT2D eigenvalue weighted by Crippen LogP contribution is 2.47. The van der Waals surface area contributed by atoms with Crippen molar-refractivity contribution in [2.75, 3.05) is 24.6 Å². The van der Waals surface area contributed by atoms with Gasteiger partial charge in [0.2, 0.25) is 0 Å². The summed E-state index contributed by atoms with van der Waals surface area (Å²) in [6, 6.07) is 7.68. The van der Waals surface area contributed by atoms with Crippen LogP contribution in [0.1, 0.15) is 55.7 Å². The van der Waals surface area contributed by atoms with Crippen LogP contribution < -0.4 is 4.90 Å². The Hall–Kier alpha value is -4.28. The summed E-state index contributed by atoms with van der Waals surface area (Å²) < 4.78 is 38.0. The Morgan fingerprint density at radius 1 is 1.17 bits per heavy atom. The first-order valence-electron chi connectivity index (χ1n) is 15.6. The Morgan fingerprint density at radius 2 is 1.89 bits per heavy atom. The molecule has 0 saturated carbocycles. The number of ether oxygens (including phenoxy) is 1. The Kier molecular flexibility index (Phi) is 8.98. The SMILES string of the molecule is CC#CCN1CC[C@@]2(C1=O)c1ccc(F)cc1C(=O)N2Cc1cc2nc(N(C(=O)O)C(C)(C)C)c(F)cc2n1COCC[Si](C)(C)C. The quantitative estimate of drug-likeness (QED) is 0.170. The van der Waals surface area contributed by atoms with Crippen molar-refractivity contribution in [3.05, 3.63) is 58.8 Å². The molecule has 2 aliphatic rings. The van der Waals surface area contributed by atoms with Crippen LogP contribution in [0.15, 0.2) is 30.3 Å². The number of hydrogen-bond acceptors (Lipinski definition) is 5. The van der Waals surface area contributed by atoms with E-state index in [0.717, 1.165) is 17.0 Å². The lowest BCUT2D eigenvalue weighted by Crippen LogP contribution is -2.49. The van der Waals surface area contributed by atoms with Gasteiger partial charge in [0.1, 0.15) is 12.5 Å². The number of benzene rings is 1. The molecule has 1 spiro atoms. The molecule has 250 valence electrons. The molecule has 10 nitrogen and oxygen atoms in total. The van der Waals surface area contributed by atoms with Crippen LogP contribution in [0.4, 0.5) is 19.4 Å². The molecule has 1 atom stereocenters. The van der Waals surface area contributed by atoms with Gasteiger partial charge in [0.05, 0.1) is 24.1 Å². The number of carboxylic acid groups (broad SMARTS) is 1. The van der Waals surface area contributed by atoms with Gasteiger partial charge < -0.3 is 24.2 Å². The van der Waals surface area contributed by atoms with Gasteiger partial charge in [-0.3, -0.25) is 14.5 Å². The summed E-state index contributed by atoms with van der Waals surface area (Å²) in [6.07, 6.45) is -1.07. The van der Waals surface area contributed by atoms with Crippen LogP contribution in [-0.4, -0.2) is 75.7 Å². The van der Waals surface area contributed by atoms with Crippen molar-refractivity contribution in [2.45, 2.75) is 84.2 Å². The molecule has 13 heteroatoms. The van der Waals surface area contributed by atoms with Gasteiger partial charge in [0, 0.05) is 56.1 Å². The van der Waals surface area contributed by atoms with Crippen molar-refractivity contribution < 1.29 is 33.0 Å². The highest BCUT2D eigenvalue weighted by molar-refractivity contribution is 6.76. The molecule has 1 saturated heterocycles. The smallest absolute Gasteiger partial charge is 0.413 e. The van der Waals surface area contributed by atoms with Crippen LogP contribution in [0.2, 0.25) is 25.7 Å². The summed E-state index contributed by atoms with van der Waals surface area (Å²) in [4.78, 5) is 48.8. The van der Waals surface area contributed by atoms with Gasteiger partial charge in [-0.25, -0.2) is 18.6 Å².